The summed E-state index contributed by atoms with van der Waals surface area (Å²) in [7, 11) is 0. The van der Waals surface area contributed by atoms with E-state index >= 15 is 0 Å². The summed E-state index contributed by atoms with van der Waals surface area (Å²) in [4.78, 5) is 19.8. The molecule has 98 valence electrons. The number of nitrogens with zero attached hydrogens (tertiary/aromatic N) is 2. The molecule has 1 saturated carbocycles. The Hall–Kier alpha value is -1.30. The number of nitrogen functional groups attached to an aromatic ring is 1. The van der Waals surface area contributed by atoms with Gasteiger partial charge in [-0.2, -0.15) is 11.8 Å². The Morgan fingerprint density at radius 1 is 1.44 bits per heavy atom. The zero-order valence-electron chi connectivity index (χ0n) is 10.4. The fourth-order valence-electron chi connectivity index (χ4n) is 2.20. The molecule has 1 aliphatic carbocycles. The van der Waals surface area contributed by atoms with Gasteiger partial charge in [-0.25, -0.2) is 9.97 Å². The molecule has 1 aliphatic rings. The Kier molecular flexibility index (Phi) is 4.41. The van der Waals surface area contributed by atoms with E-state index in [1.807, 2.05) is 11.8 Å². The zero-order valence-corrected chi connectivity index (χ0v) is 11.2. The van der Waals surface area contributed by atoms with Crippen molar-refractivity contribution in [3.63, 3.8) is 0 Å². The van der Waals surface area contributed by atoms with Crippen LogP contribution in [0.3, 0.4) is 0 Å². The van der Waals surface area contributed by atoms with Crippen molar-refractivity contribution in [2.75, 3.05) is 12.0 Å². The minimum atomic E-state index is -0.158. The second-order valence-corrected chi connectivity index (χ2v) is 5.66. The third-order valence-electron chi connectivity index (χ3n) is 3.20. The van der Waals surface area contributed by atoms with Gasteiger partial charge in [-0.3, -0.25) is 4.79 Å². The number of anilines is 1. The van der Waals surface area contributed by atoms with Crippen LogP contribution in [0, 0.1) is 0 Å². The number of aromatic nitrogens is 2. The van der Waals surface area contributed by atoms with Crippen LogP contribution in [0.2, 0.25) is 0 Å². The van der Waals surface area contributed by atoms with E-state index in [0.717, 1.165) is 12.8 Å². The van der Waals surface area contributed by atoms with Crippen LogP contribution < -0.4 is 11.1 Å². The van der Waals surface area contributed by atoms with Gasteiger partial charge < -0.3 is 11.1 Å². The number of nitrogens with one attached hydrogen (secondary N) is 1. The van der Waals surface area contributed by atoms with Gasteiger partial charge in [0.2, 0.25) is 0 Å². The van der Waals surface area contributed by atoms with Crippen LogP contribution in [0.4, 0.5) is 5.82 Å². The van der Waals surface area contributed by atoms with E-state index in [2.05, 4.69) is 21.5 Å². The van der Waals surface area contributed by atoms with Crippen LogP contribution >= 0.6 is 11.8 Å². The topological polar surface area (TPSA) is 80.9 Å². The first-order valence-corrected chi connectivity index (χ1v) is 7.39. The Labute approximate surface area is 111 Å². The first-order chi connectivity index (χ1) is 8.69. The van der Waals surface area contributed by atoms with Gasteiger partial charge in [0.1, 0.15) is 11.5 Å². The van der Waals surface area contributed by atoms with Gasteiger partial charge in [-0.15, -0.1) is 0 Å². The fraction of sp³-hybridized carbons (Fsp3) is 0.583. The van der Waals surface area contributed by atoms with Crippen molar-refractivity contribution in [2.45, 2.75) is 37.0 Å². The lowest BCUT2D eigenvalue weighted by atomic mass is 9.95. The van der Waals surface area contributed by atoms with E-state index in [-0.39, 0.29) is 11.9 Å². The van der Waals surface area contributed by atoms with Crippen molar-refractivity contribution in [2.24, 2.45) is 0 Å². The largest absolute Gasteiger partial charge is 0.382 e. The van der Waals surface area contributed by atoms with Gasteiger partial charge in [0, 0.05) is 11.3 Å². The molecule has 1 amide bonds. The number of carbonyl (C=O) groups excluding carboxylic acids is 1. The molecular formula is C12H18N4OS. The highest BCUT2D eigenvalue weighted by atomic mass is 32.2. The second-order valence-electron chi connectivity index (χ2n) is 4.52. The number of nitrogens with two attached hydrogens (primary N) is 1. The molecule has 1 aromatic rings. The summed E-state index contributed by atoms with van der Waals surface area (Å²) in [6, 6.07) is 0.253. The summed E-state index contributed by atoms with van der Waals surface area (Å²) in [5, 5.41) is 3.68. The lowest BCUT2D eigenvalue weighted by Crippen LogP contribution is -2.39. The summed E-state index contributed by atoms with van der Waals surface area (Å²) in [6.07, 6.45) is 9.44. The van der Waals surface area contributed by atoms with Crippen molar-refractivity contribution < 1.29 is 4.79 Å². The molecule has 6 heteroatoms. The van der Waals surface area contributed by atoms with Gasteiger partial charge in [-0.1, -0.05) is 6.42 Å². The second kappa shape index (κ2) is 6.04. The maximum atomic E-state index is 12.0. The molecule has 2 atom stereocenters. The molecule has 2 unspecified atom stereocenters. The van der Waals surface area contributed by atoms with Crippen molar-refractivity contribution >= 4 is 23.5 Å². The predicted molar refractivity (Wildman–Crippen MR) is 73.5 cm³/mol. The van der Waals surface area contributed by atoms with Crippen LogP contribution in [0.15, 0.2) is 12.4 Å². The molecule has 18 heavy (non-hydrogen) atoms. The first kappa shape index (κ1) is 13.1. The minimum Gasteiger partial charge on any atom is -0.382 e. The average Bonchev–Trinajstić information content (AvgIpc) is 2.39. The monoisotopic (exact) mass is 266 g/mol. The van der Waals surface area contributed by atoms with E-state index in [0.29, 0.717) is 16.8 Å². The van der Waals surface area contributed by atoms with Crippen molar-refractivity contribution in [1.82, 2.24) is 15.3 Å². The summed E-state index contributed by atoms with van der Waals surface area (Å²) < 4.78 is 0. The van der Waals surface area contributed by atoms with E-state index in [1.54, 1.807) is 0 Å². The summed E-state index contributed by atoms with van der Waals surface area (Å²) in [5.41, 5.74) is 5.77. The van der Waals surface area contributed by atoms with Crippen LogP contribution in [0.1, 0.15) is 36.2 Å². The molecule has 2 rings (SSSR count). The lowest BCUT2D eigenvalue weighted by molar-refractivity contribution is 0.0923. The summed E-state index contributed by atoms with van der Waals surface area (Å²) >= 11 is 1.88. The smallest absolute Gasteiger partial charge is 0.271 e. The number of hydrogen-bond acceptors (Lipinski definition) is 5. The third-order valence-corrected chi connectivity index (χ3v) is 4.29. The molecule has 1 aromatic heterocycles. The number of carbonyl (C=O) groups is 1. The highest BCUT2D eigenvalue weighted by Crippen LogP contribution is 2.26. The van der Waals surface area contributed by atoms with Crippen molar-refractivity contribution in [3.05, 3.63) is 18.1 Å². The van der Waals surface area contributed by atoms with Gasteiger partial charge in [0.15, 0.2) is 0 Å². The third kappa shape index (κ3) is 3.35. The molecule has 0 aliphatic heterocycles. The Morgan fingerprint density at radius 3 is 2.94 bits per heavy atom. The SMILES string of the molecule is CSC1CCCC(NC(=O)c2cnc(N)cn2)C1. The van der Waals surface area contributed by atoms with E-state index < -0.39 is 0 Å². The molecule has 1 heterocycles. The molecule has 3 N–H and O–H groups in total. The first-order valence-electron chi connectivity index (χ1n) is 6.10. The van der Waals surface area contributed by atoms with E-state index in [1.165, 1.54) is 25.2 Å². The van der Waals surface area contributed by atoms with Gasteiger partial charge in [-0.05, 0) is 25.5 Å². The van der Waals surface area contributed by atoms with Crippen molar-refractivity contribution in [1.29, 1.82) is 0 Å². The normalized spacial score (nSPS) is 23.6. The van der Waals surface area contributed by atoms with Crippen molar-refractivity contribution in [3.8, 4) is 0 Å². The molecule has 0 aromatic carbocycles. The Balaban J connectivity index is 1.92. The van der Waals surface area contributed by atoms with Crippen LogP contribution in [-0.2, 0) is 0 Å². The predicted octanol–water partition coefficient (Wildman–Crippen LogP) is 1.46. The highest BCUT2D eigenvalue weighted by Gasteiger charge is 2.23. The maximum absolute atomic E-state index is 12.0. The lowest BCUT2D eigenvalue weighted by Gasteiger charge is -2.28. The number of hydrogen-bond donors (Lipinski definition) is 2. The fourth-order valence-corrected chi connectivity index (χ4v) is 3.03. The van der Waals surface area contributed by atoms with Gasteiger partial charge in [0.25, 0.3) is 5.91 Å². The summed E-state index contributed by atoms with van der Waals surface area (Å²) in [5.74, 6) is 0.168. The molecular weight excluding hydrogens is 248 g/mol. The molecule has 0 saturated heterocycles. The standard InChI is InChI=1S/C12H18N4OS/c1-18-9-4-2-3-8(5-9)16-12(17)10-6-15-11(13)7-14-10/h6-9H,2-5H2,1H3,(H2,13,15)(H,16,17). The summed E-state index contributed by atoms with van der Waals surface area (Å²) in [6.45, 7) is 0. The number of rotatable bonds is 3. The van der Waals surface area contributed by atoms with Gasteiger partial charge in [0.05, 0.1) is 12.4 Å². The van der Waals surface area contributed by atoms with E-state index in [4.69, 9.17) is 5.73 Å². The quantitative estimate of drug-likeness (QED) is 0.865. The van der Waals surface area contributed by atoms with Crippen LogP contribution in [0.5, 0.6) is 0 Å². The number of thioether (sulfide) groups is 1. The maximum Gasteiger partial charge on any atom is 0.271 e. The highest BCUT2D eigenvalue weighted by molar-refractivity contribution is 7.99. The molecule has 0 spiro atoms. The molecule has 0 bridgehead atoms. The average molecular weight is 266 g/mol. The zero-order chi connectivity index (χ0) is 13.0. The minimum absolute atomic E-state index is 0.158. The molecule has 5 nitrogen and oxygen atoms in total. The Bertz CT molecular complexity index is 409. The van der Waals surface area contributed by atoms with Crippen LogP contribution in [-0.4, -0.2) is 33.4 Å². The van der Waals surface area contributed by atoms with Crippen LogP contribution in [0.25, 0.3) is 0 Å². The number of amides is 1. The molecule has 0 radical (unpaired) electrons. The molecule has 1 fully saturated rings. The van der Waals surface area contributed by atoms with E-state index in [9.17, 15) is 4.79 Å². The van der Waals surface area contributed by atoms with Gasteiger partial charge >= 0.3 is 0 Å². The Morgan fingerprint density at radius 2 is 2.28 bits per heavy atom.